The van der Waals surface area contributed by atoms with Gasteiger partial charge in [-0.3, -0.25) is 0 Å². The first-order valence-corrected chi connectivity index (χ1v) is 7.58. The molecule has 0 amide bonds. The van der Waals surface area contributed by atoms with E-state index in [0.717, 1.165) is 22.4 Å². The molecule has 1 saturated carbocycles. The first-order valence-electron chi connectivity index (χ1n) is 6.41. The van der Waals surface area contributed by atoms with Crippen LogP contribution in [0.1, 0.15) is 41.4 Å². The Hall–Kier alpha value is -0.930. The van der Waals surface area contributed by atoms with Gasteiger partial charge in [0.05, 0.1) is 10.2 Å². The van der Waals surface area contributed by atoms with Crippen LogP contribution in [-0.4, -0.2) is 9.97 Å². The molecule has 19 heavy (non-hydrogen) atoms. The van der Waals surface area contributed by atoms with Crippen molar-refractivity contribution >= 4 is 27.5 Å². The fraction of sp³-hybridized carbons (Fsp3) is 0.333. The topological polar surface area (TPSA) is 25.8 Å². The van der Waals surface area contributed by atoms with Gasteiger partial charge in [0.2, 0.25) is 0 Å². The molecule has 1 aliphatic carbocycles. The zero-order valence-corrected chi connectivity index (χ0v) is 13.0. The van der Waals surface area contributed by atoms with Crippen LogP contribution in [0.25, 0.3) is 0 Å². The van der Waals surface area contributed by atoms with Gasteiger partial charge in [0, 0.05) is 12.3 Å². The second-order valence-electron chi connectivity index (χ2n) is 5.07. The molecule has 2 nitrogen and oxygen atoms in total. The molecule has 0 unspecified atom stereocenters. The number of rotatable bonds is 3. The number of hydrogen-bond donors (Lipinski definition) is 0. The lowest BCUT2D eigenvalue weighted by molar-refractivity contribution is 0.889. The van der Waals surface area contributed by atoms with Crippen LogP contribution in [0.15, 0.2) is 28.7 Å². The first-order chi connectivity index (χ1) is 9.13. The van der Waals surface area contributed by atoms with Crippen molar-refractivity contribution < 1.29 is 0 Å². The van der Waals surface area contributed by atoms with E-state index in [2.05, 4.69) is 57.1 Å². The SMILES string of the molecule is Cc1ccc(Cc2nc(Cl)c(Br)c(C3CC3)n2)cc1. The zero-order valence-electron chi connectivity index (χ0n) is 10.7. The summed E-state index contributed by atoms with van der Waals surface area (Å²) in [6.07, 6.45) is 3.14. The van der Waals surface area contributed by atoms with Gasteiger partial charge in [-0.1, -0.05) is 41.4 Å². The van der Waals surface area contributed by atoms with Gasteiger partial charge in [-0.05, 0) is 41.3 Å². The fourth-order valence-electron chi connectivity index (χ4n) is 2.08. The molecule has 0 saturated heterocycles. The number of benzene rings is 1. The molecule has 0 atom stereocenters. The van der Waals surface area contributed by atoms with E-state index >= 15 is 0 Å². The molecule has 1 aliphatic rings. The minimum Gasteiger partial charge on any atom is -0.236 e. The van der Waals surface area contributed by atoms with Gasteiger partial charge < -0.3 is 0 Å². The Morgan fingerprint density at radius 3 is 2.53 bits per heavy atom. The zero-order chi connectivity index (χ0) is 13.4. The highest BCUT2D eigenvalue weighted by molar-refractivity contribution is 9.10. The predicted molar refractivity (Wildman–Crippen MR) is 80.7 cm³/mol. The fourth-order valence-corrected chi connectivity index (χ4v) is 2.77. The van der Waals surface area contributed by atoms with Crippen molar-refractivity contribution in [1.82, 2.24) is 9.97 Å². The van der Waals surface area contributed by atoms with Crippen LogP contribution in [0.5, 0.6) is 0 Å². The van der Waals surface area contributed by atoms with Crippen molar-refractivity contribution in [3.63, 3.8) is 0 Å². The van der Waals surface area contributed by atoms with E-state index in [1.807, 2.05) is 0 Å². The second kappa shape index (κ2) is 5.22. The molecule has 1 heterocycles. The minimum absolute atomic E-state index is 0.527. The molecule has 3 rings (SSSR count). The van der Waals surface area contributed by atoms with Crippen molar-refractivity contribution in [2.75, 3.05) is 0 Å². The lowest BCUT2D eigenvalue weighted by Crippen LogP contribution is -2.02. The third-order valence-corrected chi connectivity index (χ3v) is 4.61. The van der Waals surface area contributed by atoms with Gasteiger partial charge in [0.25, 0.3) is 0 Å². The Morgan fingerprint density at radius 1 is 1.21 bits per heavy atom. The van der Waals surface area contributed by atoms with Gasteiger partial charge in [-0.25, -0.2) is 9.97 Å². The third kappa shape index (κ3) is 2.98. The molecule has 0 bridgehead atoms. The maximum absolute atomic E-state index is 6.18. The number of nitrogens with zero attached hydrogens (tertiary/aromatic N) is 2. The molecule has 1 fully saturated rings. The summed E-state index contributed by atoms with van der Waals surface area (Å²) >= 11 is 9.68. The molecule has 0 spiro atoms. The number of halogens is 2. The summed E-state index contributed by atoms with van der Waals surface area (Å²) < 4.78 is 0.865. The lowest BCUT2D eigenvalue weighted by atomic mass is 10.1. The largest absolute Gasteiger partial charge is 0.236 e. The van der Waals surface area contributed by atoms with E-state index < -0.39 is 0 Å². The summed E-state index contributed by atoms with van der Waals surface area (Å²) in [5.41, 5.74) is 3.55. The molecular weight excluding hydrogens is 324 g/mol. The number of aromatic nitrogens is 2. The highest BCUT2D eigenvalue weighted by Gasteiger charge is 2.29. The van der Waals surface area contributed by atoms with E-state index in [4.69, 9.17) is 11.6 Å². The Bertz CT molecular complexity index is 606. The maximum Gasteiger partial charge on any atom is 0.147 e. The summed E-state index contributed by atoms with van der Waals surface area (Å²) in [5, 5.41) is 0.527. The van der Waals surface area contributed by atoms with Gasteiger partial charge in [-0.15, -0.1) is 0 Å². The average molecular weight is 338 g/mol. The van der Waals surface area contributed by atoms with E-state index in [-0.39, 0.29) is 0 Å². The minimum atomic E-state index is 0.527. The molecular formula is C15H14BrClN2. The Labute approximate surface area is 126 Å². The van der Waals surface area contributed by atoms with E-state index in [9.17, 15) is 0 Å². The van der Waals surface area contributed by atoms with Crippen LogP contribution >= 0.6 is 27.5 Å². The van der Waals surface area contributed by atoms with E-state index in [1.165, 1.54) is 24.0 Å². The van der Waals surface area contributed by atoms with E-state index in [1.54, 1.807) is 0 Å². The molecule has 0 N–H and O–H groups in total. The standard InChI is InChI=1S/C15H14BrClN2/c1-9-2-4-10(5-3-9)8-12-18-14(11-6-7-11)13(16)15(17)19-12/h2-5,11H,6-8H2,1H3. The second-order valence-corrected chi connectivity index (χ2v) is 6.22. The van der Waals surface area contributed by atoms with E-state index in [0.29, 0.717) is 11.1 Å². The van der Waals surface area contributed by atoms with Crippen molar-refractivity contribution in [3.8, 4) is 0 Å². The summed E-state index contributed by atoms with van der Waals surface area (Å²) in [5.74, 6) is 1.37. The summed E-state index contributed by atoms with van der Waals surface area (Å²) in [7, 11) is 0. The van der Waals surface area contributed by atoms with Crippen molar-refractivity contribution in [2.45, 2.75) is 32.1 Å². The predicted octanol–water partition coefficient (Wildman–Crippen LogP) is 4.67. The van der Waals surface area contributed by atoms with Crippen LogP contribution in [0.3, 0.4) is 0 Å². The highest BCUT2D eigenvalue weighted by atomic mass is 79.9. The maximum atomic E-state index is 6.18. The molecule has 1 aromatic carbocycles. The normalized spacial score (nSPS) is 14.7. The molecule has 98 valence electrons. The van der Waals surface area contributed by atoms with Gasteiger partial charge >= 0.3 is 0 Å². The molecule has 0 radical (unpaired) electrons. The molecule has 4 heteroatoms. The van der Waals surface area contributed by atoms with Crippen molar-refractivity contribution in [3.05, 3.63) is 56.5 Å². The van der Waals surface area contributed by atoms with Gasteiger partial charge in [0.1, 0.15) is 11.0 Å². The summed E-state index contributed by atoms with van der Waals surface area (Å²) in [4.78, 5) is 9.04. The monoisotopic (exact) mass is 336 g/mol. The quantitative estimate of drug-likeness (QED) is 0.761. The Kier molecular flexibility index (Phi) is 3.59. The number of aryl methyl sites for hydroxylation is 1. The Balaban J connectivity index is 1.90. The molecule has 1 aromatic heterocycles. The molecule has 2 aromatic rings. The summed E-state index contributed by atoms with van der Waals surface area (Å²) in [6, 6.07) is 8.45. The average Bonchev–Trinajstić information content (AvgIpc) is 3.21. The van der Waals surface area contributed by atoms with Crippen molar-refractivity contribution in [1.29, 1.82) is 0 Å². The van der Waals surface area contributed by atoms with Crippen LogP contribution in [0, 0.1) is 6.92 Å². The number of hydrogen-bond acceptors (Lipinski definition) is 2. The smallest absolute Gasteiger partial charge is 0.147 e. The summed E-state index contributed by atoms with van der Waals surface area (Å²) in [6.45, 7) is 2.09. The van der Waals surface area contributed by atoms with Gasteiger partial charge in [0.15, 0.2) is 0 Å². The van der Waals surface area contributed by atoms with Crippen LogP contribution in [0.4, 0.5) is 0 Å². The first kappa shape index (κ1) is 13.1. The van der Waals surface area contributed by atoms with Crippen molar-refractivity contribution in [2.24, 2.45) is 0 Å². The Morgan fingerprint density at radius 2 is 1.89 bits per heavy atom. The van der Waals surface area contributed by atoms with Crippen LogP contribution in [0.2, 0.25) is 5.15 Å². The van der Waals surface area contributed by atoms with Crippen LogP contribution < -0.4 is 0 Å². The van der Waals surface area contributed by atoms with Gasteiger partial charge in [-0.2, -0.15) is 0 Å². The lowest BCUT2D eigenvalue weighted by Gasteiger charge is -2.07. The third-order valence-electron chi connectivity index (χ3n) is 3.33. The van der Waals surface area contributed by atoms with Crippen LogP contribution in [-0.2, 0) is 6.42 Å². The highest BCUT2D eigenvalue weighted by Crippen LogP contribution is 2.43. The molecule has 0 aliphatic heterocycles.